The molecule has 0 aliphatic heterocycles. The molecule has 2 rings (SSSR count). The minimum Gasteiger partial charge on any atom is -0.242 e. The summed E-state index contributed by atoms with van der Waals surface area (Å²) in [5.74, 6) is 3.11. The standard InChI is InChI=1S/C19H34N2/c20-16-21-15-9-3-8-14-19(17-10-4-1-5-11-17)18-12-6-2-7-13-18/h17-20H,1-15H2. The molecule has 1 N–H and O–H groups in total. The predicted molar refractivity (Wildman–Crippen MR) is 90.1 cm³/mol. The summed E-state index contributed by atoms with van der Waals surface area (Å²) < 4.78 is 0. The van der Waals surface area contributed by atoms with Gasteiger partial charge < -0.3 is 0 Å². The third-order valence-electron chi connectivity index (χ3n) is 5.90. The summed E-state index contributed by atoms with van der Waals surface area (Å²) in [5, 5.41) is 6.80. The van der Waals surface area contributed by atoms with E-state index in [0.717, 1.165) is 30.7 Å². The lowest BCUT2D eigenvalue weighted by Gasteiger charge is -2.38. The highest BCUT2D eigenvalue weighted by molar-refractivity contribution is 5.35. The second kappa shape index (κ2) is 10.2. The molecule has 0 radical (unpaired) electrons. The summed E-state index contributed by atoms with van der Waals surface area (Å²) in [5.41, 5.74) is 0. The zero-order valence-electron chi connectivity index (χ0n) is 13.8. The van der Waals surface area contributed by atoms with Gasteiger partial charge in [0.05, 0.1) is 6.01 Å². The lowest BCUT2D eigenvalue weighted by Crippen LogP contribution is -2.27. The third-order valence-corrected chi connectivity index (χ3v) is 5.90. The number of unbranched alkanes of at least 4 members (excludes halogenated alkanes) is 2. The van der Waals surface area contributed by atoms with E-state index in [9.17, 15) is 0 Å². The van der Waals surface area contributed by atoms with Gasteiger partial charge in [-0.1, -0.05) is 77.0 Å². The number of hydrogen-bond acceptors (Lipinski definition) is 2. The van der Waals surface area contributed by atoms with Crippen LogP contribution in [-0.2, 0) is 0 Å². The van der Waals surface area contributed by atoms with Crippen LogP contribution in [0.5, 0.6) is 0 Å². The van der Waals surface area contributed by atoms with Gasteiger partial charge in [0.15, 0.2) is 0 Å². The number of hydrogen-bond donors (Lipinski definition) is 1. The third kappa shape index (κ3) is 5.94. The van der Waals surface area contributed by atoms with Crippen molar-refractivity contribution in [2.24, 2.45) is 22.7 Å². The van der Waals surface area contributed by atoms with Crippen molar-refractivity contribution < 1.29 is 0 Å². The van der Waals surface area contributed by atoms with Crippen molar-refractivity contribution in [1.29, 1.82) is 5.41 Å². The fourth-order valence-electron chi connectivity index (χ4n) is 4.78. The predicted octanol–water partition coefficient (Wildman–Crippen LogP) is 6.08. The highest BCUT2D eigenvalue weighted by atomic mass is 14.7. The average molecular weight is 290 g/mol. The smallest absolute Gasteiger partial charge is 0.0861 e. The first kappa shape index (κ1) is 16.7. The van der Waals surface area contributed by atoms with E-state index >= 15 is 0 Å². The summed E-state index contributed by atoms with van der Waals surface area (Å²) in [4.78, 5) is 3.88. The average Bonchev–Trinajstić information content (AvgIpc) is 2.56. The SMILES string of the molecule is N=C=NCCCCCC(C1CCCCC1)C1CCCCC1. The molecule has 2 aliphatic carbocycles. The summed E-state index contributed by atoms with van der Waals surface area (Å²) in [6.07, 6.45) is 20.2. The van der Waals surface area contributed by atoms with Crippen LogP contribution < -0.4 is 0 Å². The van der Waals surface area contributed by atoms with Crippen LogP contribution in [0.1, 0.15) is 89.9 Å². The summed E-state index contributed by atoms with van der Waals surface area (Å²) >= 11 is 0. The van der Waals surface area contributed by atoms with Crippen LogP contribution in [-0.4, -0.2) is 12.6 Å². The van der Waals surface area contributed by atoms with E-state index in [1.807, 2.05) is 0 Å². The Bertz CT molecular complexity index is 290. The molecule has 2 nitrogen and oxygen atoms in total. The molecular formula is C19H34N2. The Hall–Kier alpha value is -0.620. The topological polar surface area (TPSA) is 36.2 Å². The molecule has 0 heterocycles. The molecule has 0 aromatic rings. The molecule has 0 unspecified atom stereocenters. The van der Waals surface area contributed by atoms with Gasteiger partial charge in [-0.2, -0.15) is 0 Å². The lowest BCUT2D eigenvalue weighted by molar-refractivity contribution is 0.132. The van der Waals surface area contributed by atoms with Gasteiger partial charge in [-0.3, -0.25) is 0 Å². The Morgan fingerprint density at radius 3 is 1.90 bits per heavy atom. The van der Waals surface area contributed by atoms with Gasteiger partial charge in [0.1, 0.15) is 0 Å². The Labute approximate surface area is 131 Å². The first-order valence-corrected chi connectivity index (χ1v) is 9.50. The maximum absolute atomic E-state index is 6.80. The minimum absolute atomic E-state index is 0.807. The van der Waals surface area contributed by atoms with Crippen LogP contribution in [0.3, 0.4) is 0 Å². The molecule has 2 fully saturated rings. The van der Waals surface area contributed by atoms with Crippen molar-refractivity contribution in [2.75, 3.05) is 6.54 Å². The Kier molecular flexibility index (Phi) is 8.10. The van der Waals surface area contributed by atoms with Gasteiger partial charge >= 0.3 is 0 Å². The van der Waals surface area contributed by atoms with E-state index < -0.39 is 0 Å². The van der Waals surface area contributed by atoms with Gasteiger partial charge in [0.25, 0.3) is 0 Å². The normalized spacial score (nSPS) is 21.4. The molecule has 0 aromatic heterocycles. The van der Waals surface area contributed by atoms with Crippen molar-refractivity contribution >= 4 is 6.01 Å². The molecule has 21 heavy (non-hydrogen) atoms. The zero-order valence-corrected chi connectivity index (χ0v) is 13.8. The molecule has 0 bridgehead atoms. The Morgan fingerprint density at radius 2 is 1.38 bits per heavy atom. The van der Waals surface area contributed by atoms with Crippen molar-refractivity contribution in [3.63, 3.8) is 0 Å². The van der Waals surface area contributed by atoms with Crippen LogP contribution in [0.15, 0.2) is 4.99 Å². The molecular weight excluding hydrogens is 256 g/mol. The van der Waals surface area contributed by atoms with E-state index in [4.69, 9.17) is 5.41 Å². The summed E-state index contributed by atoms with van der Waals surface area (Å²) in [6, 6.07) is 2.15. The van der Waals surface area contributed by atoms with Crippen molar-refractivity contribution in [1.82, 2.24) is 0 Å². The first-order chi connectivity index (χ1) is 10.4. The lowest BCUT2D eigenvalue weighted by atomic mass is 9.68. The molecule has 0 atom stereocenters. The van der Waals surface area contributed by atoms with Gasteiger partial charge in [-0.15, -0.1) is 0 Å². The molecule has 120 valence electrons. The van der Waals surface area contributed by atoms with Crippen LogP contribution in [0, 0.1) is 23.2 Å². The van der Waals surface area contributed by atoms with Gasteiger partial charge in [-0.25, -0.2) is 10.4 Å². The second-order valence-electron chi connectivity index (χ2n) is 7.30. The molecule has 0 saturated heterocycles. The number of nitrogens with zero attached hydrogens (tertiary/aromatic N) is 1. The molecule has 2 saturated carbocycles. The molecule has 2 heteroatoms. The van der Waals surface area contributed by atoms with E-state index in [1.165, 1.54) is 83.5 Å². The Morgan fingerprint density at radius 1 is 0.810 bits per heavy atom. The fraction of sp³-hybridized carbons (Fsp3) is 0.947. The minimum atomic E-state index is 0.807. The van der Waals surface area contributed by atoms with E-state index in [-0.39, 0.29) is 0 Å². The van der Waals surface area contributed by atoms with Crippen LogP contribution in [0.2, 0.25) is 0 Å². The van der Waals surface area contributed by atoms with E-state index in [1.54, 1.807) is 0 Å². The highest BCUT2D eigenvalue weighted by Crippen LogP contribution is 2.42. The largest absolute Gasteiger partial charge is 0.242 e. The maximum atomic E-state index is 6.80. The van der Waals surface area contributed by atoms with Crippen molar-refractivity contribution in [3.05, 3.63) is 0 Å². The van der Waals surface area contributed by atoms with Crippen molar-refractivity contribution in [3.8, 4) is 0 Å². The summed E-state index contributed by atoms with van der Waals surface area (Å²) in [7, 11) is 0. The quantitative estimate of drug-likeness (QED) is 0.415. The molecule has 0 amide bonds. The number of nitrogens with one attached hydrogen (secondary N) is 1. The molecule has 2 aliphatic rings. The van der Waals surface area contributed by atoms with Crippen LogP contribution in [0.4, 0.5) is 0 Å². The van der Waals surface area contributed by atoms with Gasteiger partial charge in [0, 0.05) is 6.54 Å². The molecule has 0 spiro atoms. The first-order valence-electron chi connectivity index (χ1n) is 9.50. The monoisotopic (exact) mass is 290 g/mol. The zero-order chi connectivity index (χ0) is 14.8. The highest BCUT2D eigenvalue weighted by Gasteiger charge is 2.30. The second-order valence-corrected chi connectivity index (χ2v) is 7.30. The van der Waals surface area contributed by atoms with Crippen LogP contribution in [0.25, 0.3) is 0 Å². The van der Waals surface area contributed by atoms with Crippen LogP contribution >= 0.6 is 0 Å². The molecule has 0 aromatic carbocycles. The number of aliphatic imine (C=N–C) groups is 1. The van der Waals surface area contributed by atoms with Gasteiger partial charge in [-0.05, 0) is 30.6 Å². The van der Waals surface area contributed by atoms with E-state index in [0.29, 0.717) is 0 Å². The van der Waals surface area contributed by atoms with Gasteiger partial charge in [0.2, 0.25) is 0 Å². The number of rotatable bonds is 8. The summed E-state index contributed by atoms with van der Waals surface area (Å²) in [6.45, 7) is 0.807. The van der Waals surface area contributed by atoms with E-state index in [2.05, 4.69) is 11.0 Å². The maximum Gasteiger partial charge on any atom is 0.0861 e. The fourth-order valence-corrected chi connectivity index (χ4v) is 4.78. The van der Waals surface area contributed by atoms with Crippen molar-refractivity contribution in [2.45, 2.75) is 89.9 Å². The Balaban J connectivity index is 1.77.